The molecular weight excluding hydrogens is 781 g/mol. The van der Waals surface area contributed by atoms with Crippen molar-refractivity contribution in [2.45, 2.75) is 207 Å². The average molecular weight is 871 g/mol. The van der Waals surface area contributed by atoms with Crippen molar-refractivity contribution in [3.05, 3.63) is 122 Å². The molecule has 0 aromatic carbocycles. The Kier molecular flexibility index (Phi) is 47.1. The Hall–Kier alpha value is -4.19. The van der Waals surface area contributed by atoms with Gasteiger partial charge in [0.05, 0.1) is 0 Å². The van der Waals surface area contributed by atoms with E-state index in [1.54, 1.807) is 0 Å². The predicted molar refractivity (Wildman–Crippen MR) is 269 cm³/mol. The maximum atomic E-state index is 12.8. The van der Waals surface area contributed by atoms with E-state index in [0.717, 1.165) is 96.3 Å². The topological polar surface area (TPSA) is 78.9 Å². The van der Waals surface area contributed by atoms with Gasteiger partial charge in [0.1, 0.15) is 13.2 Å². The van der Waals surface area contributed by atoms with E-state index in [1.807, 2.05) is 0 Å². The van der Waals surface area contributed by atoms with Gasteiger partial charge in [0.2, 0.25) is 0 Å². The molecule has 0 saturated heterocycles. The van der Waals surface area contributed by atoms with Gasteiger partial charge in [0, 0.05) is 19.3 Å². The molecule has 0 aromatic heterocycles. The molecule has 1 atom stereocenters. The highest BCUT2D eigenvalue weighted by atomic mass is 16.6. The molecule has 0 fully saturated rings. The molecule has 1 unspecified atom stereocenters. The van der Waals surface area contributed by atoms with Gasteiger partial charge in [0.25, 0.3) is 0 Å². The highest BCUT2D eigenvalue weighted by Gasteiger charge is 2.19. The highest BCUT2D eigenvalue weighted by molar-refractivity contribution is 5.71. The Bertz CT molecular complexity index is 1370. The zero-order valence-electron chi connectivity index (χ0n) is 40.3. The van der Waals surface area contributed by atoms with Gasteiger partial charge in [-0.2, -0.15) is 0 Å². The molecule has 0 aromatic rings. The van der Waals surface area contributed by atoms with Gasteiger partial charge in [-0.25, -0.2) is 0 Å². The van der Waals surface area contributed by atoms with Crippen LogP contribution in [0.4, 0.5) is 0 Å². The monoisotopic (exact) mass is 871 g/mol. The molecular formula is C57H90O6. The highest BCUT2D eigenvalue weighted by Crippen LogP contribution is 2.11. The van der Waals surface area contributed by atoms with Gasteiger partial charge in [-0.05, 0) is 122 Å². The summed E-state index contributed by atoms with van der Waals surface area (Å²) in [5, 5.41) is 0. The largest absolute Gasteiger partial charge is 0.462 e. The second-order valence-electron chi connectivity index (χ2n) is 16.0. The number of carbonyl (C=O) groups is 3. The fourth-order valence-corrected chi connectivity index (χ4v) is 6.23. The SMILES string of the molecule is CC/C=C\C/C=C\C/C=C\C/C=C\CCCCCC(=O)OC(COC(=O)CCC/C=C\C/C=C\C/C=C\CCCCCCCC)COC(=O)CCCC/C=C\C/C=C\C/C=C\CC. The standard InChI is InChI=1S/C57H90O6/c1-4-7-10-13-16-19-22-25-27-29-31-32-35-38-41-44-47-50-56(59)62-53-54(52-61-55(58)49-46-43-40-37-34-24-21-18-15-12-9-6-3)63-57(60)51-48-45-42-39-36-33-30-28-26-23-20-17-14-11-8-5-2/h8-9,11-12,17-18,20-21,25-28,31-34,36-38,41,54H,4-7,10,13-16,19,22-24,29-30,35,39-40,42-53H2,1-3H3/b11-8-,12-9-,20-17-,21-18-,27-25-,28-26-,32-31-,36-33-,37-34-,41-38-. The first kappa shape index (κ1) is 58.8. The molecule has 0 N–H and O–H groups in total. The van der Waals surface area contributed by atoms with Crippen LogP contribution < -0.4 is 0 Å². The summed E-state index contributed by atoms with van der Waals surface area (Å²) in [6.07, 6.45) is 69.1. The van der Waals surface area contributed by atoms with Crippen LogP contribution in [0.1, 0.15) is 201 Å². The molecule has 6 heteroatoms. The molecule has 63 heavy (non-hydrogen) atoms. The Morgan fingerprint density at radius 1 is 0.333 bits per heavy atom. The van der Waals surface area contributed by atoms with E-state index >= 15 is 0 Å². The van der Waals surface area contributed by atoms with Crippen molar-refractivity contribution in [2.24, 2.45) is 0 Å². The number of esters is 3. The van der Waals surface area contributed by atoms with Gasteiger partial charge >= 0.3 is 17.9 Å². The Morgan fingerprint density at radius 2 is 0.635 bits per heavy atom. The fourth-order valence-electron chi connectivity index (χ4n) is 6.23. The number of ether oxygens (including phenoxy) is 3. The predicted octanol–water partition coefficient (Wildman–Crippen LogP) is 16.5. The molecule has 0 bridgehead atoms. The van der Waals surface area contributed by atoms with Crippen LogP contribution in [0.3, 0.4) is 0 Å². The van der Waals surface area contributed by atoms with E-state index in [2.05, 4.69) is 142 Å². The number of hydrogen-bond donors (Lipinski definition) is 0. The lowest BCUT2D eigenvalue weighted by atomic mass is 10.1. The van der Waals surface area contributed by atoms with Crippen molar-refractivity contribution in [1.29, 1.82) is 0 Å². The van der Waals surface area contributed by atoms with Crippen LogP contribution in [0.15, 0.2) is 122 Å². The summed E-state index contributed by atoms with van der Waals surface area (Å²) in [7, 11) is 0. The fraction of sp³-hybridized carbons (Fsp3) is 0.596. The molecule has 0 radical (unpaired) electrons. The van der Waals surface area contributed by atoms with Gasteiger partial charge in [0.15, 0.2) is 6.10 Å². The number of unbranched alkanes of at least 4 members (excludes halogenated alkanes) is 12. The molecule has 0 aliphatic heterocycles. The quantitative estimate of drug-likeness (QED) is 0.0263. The van der Waals surface area contributed by atoms with Crippen molar-refractivity contribution in [3.8, 4) is 0 Å². The lowest BCUT2D eigenvalue weighted by Crippen LogP contribution is -2.30. The first-order chi connectivity index (χ1) is 31.0. The second kappa shape index (κ2) is 50.5. The summed E-state index contributed by atoms with van der Waals surface area (Å²) in [4.78, 5) is 37.9. The third-order valence-electron chi connectivity index (χ3n) is 9.93. The summed E-state index contributed by atoms with van der Waals surface area (Å²) in [6, 6.07) is 0. The third-order valence-corrected chi connectivity index (χ3v) is 9.93. The van der Waals surface area contributed by atoms with E-state index < -0.39 is 6.10 Å². The zero-order valence-corrected chi connectivity index (χ0v) is 40.3. The zero-order chi connectivity index (χ0) is 45.8. The van der Waals surface area contributed by atoms with Crippen LogP contribution >= 0.6 is 0 Å². The smallest absolute Gasteiger partial charge is 0.306 e. The van der Waals surface area contributed by atoms with E-state index in [1.165, 1.54) is 44.9 Å². The lowest BCUT2D eigenvalue weighted by molar-refractivity contribution is -0.167. The Labute approximate surface area is 386 Å². The molecule has 0 rings (SSSR count). The normalized spacial score (nSPS) is 13.1. The maximum Gasteiger partial charge on any atom is 0.306 e. The van der Waals surface area contributed by atoms with Crippen LogP contribution in [0.2, 0.25) is 0 Å². The van der Waals surface area contributed by atoms with E-state index in [9.17, 15) is 14.4 Å². The first-order valence-electron chi connectivity index (χ1n) is 25.0. The molecule has 0 heterocycles. The Balaban J connectivity index is 4.58. The number of carbonyl (C=O) groups excluding carboxylic acids is 3. The molecule has 0 spiro atoms. The number of rotatable bonds is 43. The van der Waals surface area contributed by atoms with E-state index in [0.29, 0.717) is 19.3 Å². The van der Waals surface area contributed by atoms with Gasteiger partial charge in [-0.15, -0.1) is 0 Å². The van der Waals surface area contributed by atoms with Crippen LogP contribution in [-0.2, 0) is 28.6 Å². The van der Waals surface area contributed by atoms with Gasteiger partial charge < -0.3 is 14.2 Å². The van der Waals surface area contributed by atoms with E-state index in [4.69, 9.17) is 14.2 Å². The molecule has 6 nitrogen and oxygen atoms in total. The van der Waals surface area contributed by atoms with Crippen LogP contribution in [0.25, 0.3) is 0 Å². The summed E-state index contributed by atoms with van der Waals surface area (Å²) in [5.74, 6) is -1.06. The second-order valence-corrected chi connectivity index (χ2v) is 16.0. The maximum absolute atomic E-state index is 12.8. The van der Waals surface area contributed by atoms with Crippen molar-refractivity contribution in [1.82, 2.24) is 0 Å². The van der Waals surface area contributed by atoms with Crippen molar-refractivity contribution >= 4 is 17.9 Å². The van der Waals surface area contributed by atoms with Crippen molar-refractivity contribution < 1.29 is 28.6 Å². The van der Waals surface area contributed by atoms with Crippen molar-refractivity contribution in [2.75, 3.05) is 13.2 Å². The van der Waals surface area contributed by atoms with Crippen LogP contribution in [0, 0.1) is 0 Å². The van der Waals surface area contributed by atoms with Gasteiger partial charge in [-0.1, -0.05) is 181 Å². The number of hydrogen-bond acceptors (Lipinski definition) is 6. The summed E-state index contributed by atoms with van der Waals surface area (Å²) in [5.41, 5.74) is 0. The van der Waals surface area contributed by atoms with Crippen LogP contribution in [0.5, 0.6) is 0 Å². The molecule has 0 amide bonds. The Morgan fingerprint density at radius 3 is 1.06 bits per heavy atom. The van der Waals surface area contributed by atoms with Gasteiger partial charge in [-0.3, -0.25) is 14.4 Å². The van der Waals surface area contributed by atoms with Crippen molar-refractivity contribution in [3.63, 3.8) is 0 Å². The summed E-state index contributed by atoms with van der Waals surface area (Å²) >= 11 is 0. The molecule has 0 aliphatic carbocycles. The summed E-state index contributed by atoms with van der Waals surface area (Å²) < 4.78 is 16.7. The lowest BCUT2D eigenvalue weighted by Gasteiger charge is -2.18. The molecule has 0 aliphatic rings. The molecule has 354 valence electrons. The molecule has 0 saturated carbocycles. The van der Waals surface area contributed by atoms with E-state index in [-0.39, 0.29) is 50.4 Å². The van der Waals surface area contributed by atoms with Crippen LogP contribution in [-0.4, -0.2) is 37.2 Å². The minimum atomic E-state index is -0.833. The number of allylic oxidation sites excluding steroid dienone is 20. The average Bonchev–Trinajstić information content (AvgIpc) is 3.28. The summed E-state index contributed by atoms with van der Waals surface area (Å²) in [6.45, 7) is 6.27. The minimum absolute atomic E-state index is 0.130. The first-order valence-corrected chi connectivity index (χ1v) is 25.0. The minimum Gasteiger partial charge on any atom is -0.462 e. The third kappa shape index (κ3) is 48.7.